The summed E-state index contributed by atoms with van der Waals surface area (Å²) in [5.74, 6) is -0.0120. The van der Waals surface area contributed by atoms with Crippen molar-refractivity contribution in [3.05, 3.63) is 65.2 Å². The molecule has 1 amide bonds. The predicted octanol–water partition coefficient (Wildman–Crippen LogP) is 1.07. The molecule has 0 aromatic heterocycles. The number of quaternary nitrogens is 1. The van der Waals surface area contributed by atoms with Gasteiger partial charge < -0.3 is 10.2 Å². The van der Waals surface area contributed by atoms with Gasteiger partial charge in [-0.1, -0.05) is 48.0 Å². The summed E-state index contributed by atoms with van der Waals surface area (Å²) in [5, 5.41) is 3.03. The molecule has 0 radical (unpaired) electrons. The average Bonchev–Trinajstić information content (AvgIpc) is 2.68. The zero-order chi connectivity index (χ0) is 21.0. The Bertz CT molecular complexity index is 953. The molecular formula is C22H30N3O3S+. The first-order valence-corrected chi connectivity index (χ1v) is 11.5. The summed E-state index contributed by atoms with van der Waals surface area (Å²) >= 11 is 0. The van der Waals surface area contributed by atoms with Gasteiger partial charge in [-0.2, -0.15) is 4.31 Å². The maximum absolute atomic E-state index is 13.0. The lowest BCUT2D eigenvalue weighted by Gasteiger charge is -2.31. The summed E-state index contributed by atoms with van der Waals surface area (Å²) in [7, 11) is -3.50. The molecule has 1 aliphatic rings. The van der Waals surface area contributed by atoms with Crippen molar-refractivity contribution < 1.29 is 18.1 Å². The van der Waals surface area contributed by atoms with Crippen LogP contribution in [0.15, 0.2) is 53.4 Å². The van der Waals surface area contributed by atoms with E-state index in [4.69, 9.17) is 0 Å². The molecule has 0 saturated carbocycles. The van der Waals surface area contributed by atoms with E-state index in [2.05, 4.69) is 5.32 Å². The van der Waals surface area contributed by atoms with E-state index < -0.39 is 10.0 Å². The third kappa shape index (κ3) is 5.23. The fourth-order valence-electron chi connectivity index (χ4n) is 3.79. The molecule has 1 aliphatic heterocycles. The van der Waals surface area contributed by atoms with Crippen LogP contribution in [-0.2, 0) is 14.8 Å². The van der Waals surface area contributed by atoms with Crippen LogP contribution < -0.4 is 10.2 Å². The first-order chi connectivity index (χ1) is 13.8. The number of carbonyl (C=O) groups is 1. The van der Waals surface area contributed by atoms with Gasteiger partial charge in [-0.15, -0.1) is 0 Å². The fraction of sp³-hybridized carbons (Fsp3) is 0.409. The van der Waals surface area contributed by atoms with Crippen LogP contribution in [0.2, 0.25) is 0 Å². The Labute approximate surface area is 173 Å². The number of rotatable bonds is 6. The smallest absolute Gasteiger partial charge is 0.275 e. The van der Waals surface area contributed by atoms with Crippen molar-refractivity contribution in [1.82, 2.24) is 9.62 Å². The molecular weight excluding hydrogens is 386 g/mol. The fourth-order valence-corrected chi connectivity index (χ4v) is 5.44. The van der Waals surface area contributed by atoms with Gasteiger partial charge in [0.2, 0.25) is 10.0 Å². The number of sulfonamides is 1. The Morgan fingerprint density at radius 1 is 1.10 bits per heavy atom. The molecule has 0 spiro atoms. The molecule has 156 valence electrons. The van der Waals surface area contributed by atoms with Crippen molar-refractivity contribution >= 4 is 15.9 Å². The number of nitrogens with one attached hydrogen (secondary N) is 2. The SMILES string of the molecule is Cc1ccc(S(=O)(=O)N2CC[NH+](CC(=O)N[C@@H](C)c3ccccc3)CC2)c(C)c1. The molecule has 2 aromatic rings. The van der Waals surface area contributed by atoms with Crippen molar-refractivity contribution in [2.24, 2.45) is 0 Å². The maximum Gasteiger partial charge on any atom is 0.275 e. The van der Waals surface area contributed by atoms with Gasteiger partial charge in [0.15, 0.2) is 6.54 Å². The van der Waals surface area contributed by atoms with E-state index in [0.29, 0.717) is 37.6 Å². The summed E-state index contributed by atoms with van der Waals surface area (Å²) < 4.78 is 27.5. The van der Waals surface area contributed by atoms with Gasteiger partial charge in [0.05, 0.1) is 37.1 Å². The van der Waals surface area contributed by atoms with Crippen LogP contribution >= 0.6 is 0 Å². The number of nitrogens with zero attached hydrogens (tertiary/aromatic N) is 1. The molecule has 2 N–H and O–H groups in total. The van der Waals surface area contributed by atoms with Crippen molar-refractivity contribution in [3.8, 4) is 0 Å². The zero-order valence-corrected chi connectivity index (χ0v) is 18.1. The number of benzene rings is 2. The minimum atomic E-state index is -3.50. The average molecular weight is 417 g/mol. The Hall–Kier alpha value is -2.22. The highest BCUT2D eigenvalue weighted by atomic mass is 32.2. The highest BCUT2D eigenvalue weighted by Crippen LogP contribution is 2.20. The van der Waals surface area contributed by atoms with Crippen molar-refractivity contribution in [1.29, 1.82) is 0 Å². The third-order valence-electron chi connectivity index (χ3n) is 5.47. The summed E-state index contributed by atoms with van der Waals surface area (Å²) in [6, 6.07) is 15.2. The monoisotopic (exact) mass is 416 g/mol. The van der Waals surface area contributed by atoms with Crippen molar-refractivity contribution in [2.45, 2.75) is 31.7 Å². The van der Waals surface area contributed by atoms with Gasteiger partial charge in [-0.25, -0.2) is 8.42 Å². The summed E-state index contributed by atoms with van der Waals surface area (Å²) in [6.45, 7) is 8.20. The first-order valence-electron chi connectivity index (χ1n) is 10.0. The summed E-state index contributed by atoms with van der Waals surface area (Å²) in [4.78, 5) is 13.9. The zero-order valence-electron chi connectivity index (χ0n) is 17.3. The normalized spacial score (nSPS) is 17.1. The molecule has 0 aliphatic carbocycles. The quantitative estimate of drug-likeness (QED) is 0.740. The van der Waals surface area contributed by atoms with Crippen LogP contribution in [0.1, 0.15) is 29.7 Å². The third-order valence-corrected chi connectivity index (χ3v) is 7.52. The van der Waals surface area contributed by atoms with Gasteiger partial charge in [-0.05, 0) is 38.0 Å². The van der Waals surface area contributed by atoms with Crippen LogP contribution in [0.5, 0.6) is 0 Å². The Morgan fingerprint density at radius 3 is 2.38 bits per heavy atom. The highest BCUT2D eigenvalue weighted by molar-refractivity contribution is 7.89. The number of hydrogen-bond acceptors (Lipinski definition) is 3. The molecule has 1 heterocycles. The van der Waals surface area contributed by atoms with E-state index in [1.807, 2.05) is 63.2 Å². The molecule has 3 rings (SSSR count). The number of amides is 1. The minimum Gasteiger partial charge on any atom is -0.345 e. The number of hydrogen-bond donors (Lipinski definition) is 2. The second kappa shape index (κ2) is 9.07. The molecule has 0 unspecified atom stereocenters. The van der Waals surface area contributed by atoms with E-state index in [-0.39, 0.29) is 11.9 Å². The molecule has 1 fully saturated rings. The molecule has 7 heteroatoms. The van der Waals surface area contributed by atoms with E-state index >= 15 is 0 Å². The number of piperazine rings is 1. The lowest BCUT2D eigenvalue weighted by Crippen LogP contribution is -3.15. The van der Waals surface area contributed by atoms with Gasteiger partial charge in [0, 0.05) is 0 Å². The van der Waals surface area contributed by atoms with Gasteiger partial charge in [0.25, 0.3) is 5.91 Å². The Morgan fingerprint density at radius 2 is 1.76 bits per heavy atom. The predicted molar refractivity (Wildman–Crippen MR) is 113 cm³/mol. The minimum absolute atomic E-state index is 0.0120. The van der Waals surface area contributed by atoms with Gasteiger partial charge in [-0.3, -0.25) is 4.79 Å². The van der Waals surface area contributed by atoms with Crippen LogP contribution in [0, 0.1) is 13.8 Å². The molecule has 29 heavy (non-hydrogen) atoms. The van der Waals surface area contributed by atoms with E-state index in [1.54, 1.807) is 10.4 Å². The maximum atomic E-state index is 13.0. The second-order valence-electron chi connectivity index (χ2n) is 7.80. The topological polar surface area (TPSA) is 70.9 Å². The van der Waals surface area contributed by atoms with E-state index in [9.17, 15) is 13.2 Å². The summed E-state index contributed by atoms with van der Waals surface area (Å²) in [6.07, 6.45) is 0. The number of carbonyl (C=O) groups excluding carboxylic acids is 1. The first kappa shape index (κ1) is 21.5. The summed E-state index contributed by atoms with van der Waals surface area (Å²) in [5.41, 5.74) is 2.89. The lowest BCUT2D eigenvalue weighted by atomic mass is 10.1. The molecule has 2 aromatic carbocycles. The molecule has 6 nitrogen and oxygen atoms in total. The lowest BCUT2D eigenvalue weighted by molar-refractivity contribution is -0.895. The van der Waals surface area contributed by atoms with E-state index in [1.165, 1.54) is 0 Å². The Kier molecular flexibility index (Phi) is 6.72. The van der Waals surface area contributed by atoms with Crippen LogP contribution in [0.3, 0.4) is 0 Å². The van der Waals surface area contributed by atoms with Crippen LogP contribution in [0.25, 0.3) is 0 Å². The van der Waals surface area contributed by atoms with Gasteiger partial charge >= 0.3 is 0 Å². The van der Waals surface area contributed by atoms with Crippen molar-refractivity contribution in [2.75, 3.05) is 32.7 Å². The van der Waals surface area contributed by atoms with Gasteiger partial charge in [0.1, 0.15) is 0 Å². The largest absolute Gasteiger partial charge is 0.345 e. The highest BCUT2D eigenvalue weighted by Gasteiger charge is 2.32. The van der Waals surface area contributed by atoms with Crippen molar-refractivity contribution in [3.63, 3.8) is 0 Å². The number of aryl methyl sites for hydroxylation is 2. The molecule has 1 saturated heterocycles. The molecule has 0 bridgehead atoms. The Balaban J connectivity index is 1.54. The van der Waals surface area contributed by atoms with Crippen LogP contribution in [-0.4, -0.2) is 51.4 Å². The standard InChI is InChI=1S/C22H29N3O3S/c1-17-9-10-21(18(2)15-17)29(27,28)25-13-11-24(12-14-25)16-22(26)23-19(3)20-7-5-4-6-8-20/h4-10,15,19H,11-14,16H2,1-3H3,(H,23,26)/p+1/t19-/m0/s1. The van der Waals surface area contributed by atoms with E-state index in [0.717, 1.165) is 21.6 Å². The molecule has 1 atom stereocenters. The van der Waals surface area contributed by atoms with Crippen LogP contribution in [0.4, 0.5) is 0 Å². The second-order valence-corrected chi connectivity index (χ2v) is 9.71.